The fraction of sp³-hybridized carbons (Fsp3) is 0.300. The standard InChI is InChI=1S/C20H25N3O2.ClH/c1-13-12-16(10-11-17(13)20(25)23(3)4)22-19(24)14(2)18(21)15-8-6-5-7-9-15;/h5-12,14,18H,21H2,1-4H3,(H,22,24);1H. The molecule has 0 bridgehead atoms. The molecule has 0 aliphatic rings. The average Bonchev–Trinajstić information content (AvgIpc) is 2.60. The molecule has 26 heavy (non-hydrogen) atoms. The van der Waals surface area contributed by atoms with Crippen molar-refractivity contribution in [2.45, 2.75) is 19.9 Å². The first-order valence-electron chi connectivity index (χ1n) is 8.25. The number of aryl methyl sites for hydroxylation is 1. The van der Waals surface area contributed by atoms with Crippen molar-refractivity contribution < 1.29 is 9.59 Å². The Morgan fingerprint density at radius 1 is 1.08 bits per heavy atom. The van der Waals surface area contributed by atoms with Crippen LogP contribution in [0.4, 0.5) is 5.69 Å². The molecular weight excluding hydrogens is 350 g/mol. The number of carbonyl (C=O) groups excluding carboxylic acids is 2. The molecule has 0 aromatic heterocycles. The van der Waals surface area contributed by atoms with E-state index in [9.17, 15) is 9.59 Å². The van der Waals surface area contributed by atoms with Gasteiger partial charge in [-0.25, -0.2) is 0 Å². The number of hydrogen-bond donors (Lipinski definition) is 2. The predicted octanol–water partition coefficient (Wildman–Crippen LogP) is 3.39. The van der Waals surface area contributed by atoms with Crippen LogP contribution in [-0.4, -0.2) is 30.8 Å². The third kappa shape index (κ3) is 5.07. The zero-order chi connectivity index (χ0) is 18.6. The molecule has 5 nitrogen and oxygen atoms in total. The first kappa shape index (κ1) is 21.7. The van der Waals surface area contributed by atoms with Gasteiger partial charge in [0.05, 0.1) is 5.92 Å². The number of nitrogens with two attached hydrogens (primary N) is 1. The summed E-state index contributed by atoms with van der Waals surface area (Å²) in [6, 6.07) is 14.5. The van der Waals surface area contributed by atoms with E-state index in [2.05, 4.69) is 5.32 Å². The lowest BCUT2D eigenvalue weighted by atomic mass is 9.94. The summed E-state index contributed by atoms with van der Waals surface area (Å²) in [5, 5.41) is 2.88. The molecule has 2 rings (SSSR count). The van der Waals surface area contributed by atoms with Crippen molar-refractivity contribution in [2.24, 2.45) is 11.7 Å². The summed E-state index contributed by atoms with van der Waals surface area (Å²) in [4.78, 5) is 26.1. The van der Waals surface area contributed by atoms with E-state index in [-0.39, 0.29) is 36.2 Å². The normalized spacial score (nSPS) is 12.5. The van der Waals surface area contributed by atoms with E-state index in [1.807, 2.05) is 44.2 Å². The van der Waals surface area contributed by atoms with Crippen molar-refractivity contribution in [2.75, 3.05) is 19.4 Å². The summed E-state index contributed by atoms with van der Waals surface area (Å²) in [6.45, 7) is 3.66. The zero-order valence-corrected chi connectivity index (χ0v) is 16.3. The number of nitrogens with zero attached hydrogens (tertiary/aromatic N) is 1. The molecule has 6 heteroatoms. The maximum Gasteiger partial charge on any atom is 0.253 e. The van der Waals surface area contributed by atoms with Gasteiger partial charge in [0.25, 0.3) is 5.91 Å². The summed E-state index contributed by atoms with van der Waals surface area (Å²) in [6.07, 6.45) is 0. The highest BCUT2D eigenvalue weighted by Crippen LogP contribution is 2.22. The molecule has 0 spiro atoms. The van der Waals surface area contributed by atoms with E-state index in [0.29, 0.717) is 11.3 Å². The van der Waals surface area contributed by atoms with Gasteiger partial charge in [-0.2, -0.15) is 0 Å². The Kier molecular flexibility index (Phi) is 7.80. The van der Waals surface area contributed by atoms with Gasteiger partial charge in [-0.05, 0) is 36.2 Å². The fourth-order valence-electron chi connectivity index (χ4n) is 2.61. The van der Waals surface area contributed by atoms with E-state index < -0.39 is 0 Å². The van der Waals surface area contributed by atoms with Gasteiger partial charge in [0.2, 0.25) is 5.91 Å². The van der Waals surface area contributed by atoms with E-state index in [0.717, 1.165) is 11.1 Å². The molecular formula is C20H26ClN3O2. The first-order chi connectivity index (χ1) is 11.8. The Balaban J connectivity index is 0.00000338. The Hall–Kier alpha value is -2.37. The Morgan fingerprint density at radius 3 is 2.23 bits per heavy atom. The van der Waals surface area contributed by atoms with Crippen LogP contribution in [0.5, 0.6) is 0 Å². The van der Waals surface area contributed by atoms with Crippen molar-refractivity contribution >= 4 is 29.9 Å². The second-order valence-corrected chi connectivity index (χ2v) is 6.44. The molecule has 0 aliphatic heterocycles. The minimum Gasteiger partial charge on any atom is -0.345 e. The quantitative estimate of drug-likeness (QED) is 0.841. The summed E-state index contributed by atoms with van der Waals surface area (Å²) >= 11 is 0. The maximum atomic E-state index is 12.5. The molecule has 0 heterocycles. The largest absolute Gasteiger partial charge is 0.345 e. The van der Waals surface area contributed by atoms with E-state index >= 15 is 0 Å². The van der Waals surface area contributed by atoms with Crippen LogP contribution in [0.25, 0.3) is 0 Å². The molecule has 2 amide bonds. The van der Waals surface area contributed by atoms with Crippen LogP contribution in [0.3, 0.4) is 0 Å². The topological polar surface area (TPSA) is 75.4 Å². The number of rotatable bonds is 5. The highest BCUT2D eigenvalue weighted by Gasteiger charge is 2.22. The number of anilines is 1. The molecule has 0 saturated heterocycles. The summed E-state index contributed by atoms with van der Waals surface area (Å²) in [5.41, 5.74) is 9.23. The Morgan fingerprint density at radius 2 is 1.69 bits per heavy atom. The minimum absolute atomic E-state index is 0. The van der Waals surface area contributed by atoms with Crippen LogP contribution >= 0.6 is 12.4 Å². The van der Waals surface area contributed by atoms with Gasteiger partial charge in [-0.3, -0.25) is 9.59 Å². The van der Waals surface area contributed by atoms with Crippen molar-refractivity contribution in [3.8, 4) is 0 Å². The molecule has 2 atom stereocenters. The highest BCUT2D eigenvalue weighted by atomic mass is 35.5. The molecule has 2 aromatic rings. The van der Waals surface area contributed by atoms with Crippen LogP contribution in [0, 0.1) is 12.8 Å². The van der Waals surface area contributed by atoms with Gasteiger partial charge in [0, 0.05) is 31.4 Å². The van der Waals surface area contributed by atoms with Crippen molar-refractivity contribution in [3.05, 3.63) is 65.2 Å². The van der Waals surface area contributed by atoms with Gasteiger partial charge < -0.3 is 16.0 Å². The molecule has 0 saturated carbocycles. The minimum atomic E-state index is -0.384. The lowest BCUT2D eigenvalue weighted by Gasteiger charge is -2.20. The van der Waals surface area contributed by atoms with Gasteiger partial charge in [-0.15, -0.1) is 12.4 Å². The number of amides is 2. The second kappa shape index (κ2) is 9.36. The summed E-state index contributed by atoms with van der Waals surface area (Å²) in [7, 11) is 3.42. The van der Waals surface area contributed by atoms with Crippen LogP contribution in [-0.2, 0) is 4.79 Å². The number of hydrogen-bond acceptors (Lipinski definition) is 3. The number of nitrogens with one attached hydrogen (secondary N) is 1. The highest BCUT2D eigenvalue weighted by molar-refractivity contribution is 5.97. The van der Waals surface area contributed by atoms with Crippen LogP contribution in [0.1, 0.15) is 34.5 Å². The monoisotopic (exact) mass is 375 g/mol. The SMILES string of the molecule is Cc1cc(NC(=O)C(C)C(N)c2ccccc2)ccc1C(=O)N(C)C.Cl. The second-order valence-electron chi connectivity index (χ2n) is 6.44. The summed E-state index contributed by atoms with van der Waals surface area (Å²) in [5.74, 6) is -0.594. The van der Waals surface area contributed by atoms with Crippen molar-refractivity contribution in [1.29, 1.82) is 0 Å². The van der Waals surface area contributed by atoms with Crippen LogP contribution in [0.2, 0.25) is 0 Å². The molecule has 0 radical (unpaired) electrons. The Labute approximate surface area is 161 Å². The van der Waals surface area contributed by atoms with Crippen molar-refractivity contribution in [3.63, 3.8) is 0 Å². The first-order valence-corrected chi connectivity index (χ1v) is 8.25. The summed E-state index contributed by atoms with van der Waals surface area (Å²) < 4.78 is 0. The van der Waals surface area contributed by atoms with Gasteiger partial charge in [0.15, 0.2) is 0 Å². The number of benzene rings is 2. The molecule has 2 aromatic carbocycles. The van der Waals surface area contributed by atoms with Gasteiger partial charge in [0.1, 0.15) is 0 Å². The van der Waals surface area contributed by atoms with Gasteiger partial charge >= 0.3 is 0 Å². The van der Waals surface area contributed by atoms with E-state index in [1.165, 1.54) is 4.90 Å². The number of carbonyl (C=O) groups is 2. The maximum absolute atomic E-state index is 12.5. The molecule has 2 unspecified atom stereocenters. The van der Waals surface area contributed by atoms with Crippen molar-refractivity contribution in [1.82, 2.24) is 4.90 Å². The van der Waals surface area contributed by atoms with Crippen LogP contribution in [0.15, 0.2) is 48.5 Å². The third-order valence-corrected chi connectivity index (χ3v) is 4.27. The predicted molar refractivity (Wildman–Crippen MR) is 108 cm³/mol. The van der Waals surface area contributed by atoms with E-state index in [1.54, 1.807) is 32.3 Å². The zero-order valence-electron chi connectivity index (χ0n) is 15.5. The number of halogens is 1. The molecule has 0 fully saturated rings. The molecule has 3 N–H and O–H groups in total. The van der Waals surface area contributed by atoms with E-state index in [4.69, 9.17) is 5.73 Å². The smallest absolute Gasteiger partial charge is 0.253 e. The molecule has 140 valence electrons. The third-order valence-electron chi connectivity index (χ3n) is 4.27. The lowest BCUT2D eigenvalue weighted by molar-refractivity contribution is -0.120. The van der Waals surface area contributed by atoms with Crippen LogP contribution < -0.4 is 11.1 Å². The van der Waals surface area contributed by atoms with Gasteiger partial charge in [-0.1, -0.05) is 37.3 Å². The lowest BCUT2D eigenvalue weighted by Crippen LogP contribution is -2.30. The average molecular weight is 376 g/mol. The molecule has 0 aliphatic carbocycles. The Bertz CT molecular complexity index is 763. The fourth-order valence-corrected chi connectivity index (χ4v) is 2.61.